The van der Waals surface area contributed by atoms with E-state index < -0.39 is 5.54 Å². The minimum atomic E-state index is -0.686. The van der Waals surface area contributed by atoms with Gasteiger partial charge in [0, 0.05) is 0 Å². The fraction of sp³-hybridized carbons (Fsp3) is 0.667. The second-order valence-corrected chi connectivity index (χ2v) is 7.08. The van der Waals surface area contributed by atoms with Crippen LogP contribution in [0.1, 0.15) is 38.5 Å². The molecule has 3 N–H and O–H groups in total. The number of hydrogen-bond donors (Lipinski definition) is 2. The van der Waals surface area contributed by atoms with Crippen LogP contribution in [0.5, 0.6) is 0 Å². The molecule has 0 spiro atoms. The van der Waals surface area contributed by atoms with Gasteiger partial charge in [-0.3, -0.25) is 4.79 Å². The van der Waals surface area contributed by atoms with Gasteiger partial charge in [0.1, 0.15) is 5.54 Å². The van der Waals surface area contributed by atoms with Crippen LogP contribution in [0.2, 0.25) is 0 Å². The largest absolute Gasteiger partial charge is 0.374 e. The van der Waals surface area contributed by atoms with Crippen molar-refractivity contribution in [2.24, 2.45) is 0 Å². The minimum absolute atomic E-state index is 0.132. The SMILES string of the molecule is N#CC1(NC(=O)CSc2nnc(N)s2)CCCCCC1. The van der Waals surface area contributed by atoms with E-state index in [1.54, 1.807) is 0 Å². The molecule has 1 aliphatic carbocycles. The van der Waals surface area contributed by atoms with Gasteiger partial charge in [-0.25, -0.2) is 0 Å². The first-order chi connectivity index (χ1) is 9.63. The fourth-order valence-electron chi connectivity index (χ4n) is 2.31. The molecule has 0 saturated heterocycles. The van der Waals surface area contributed by atoms with Crippen LogP contribution in [-0.4, -0.2) is 27.4 Å². The van der Waals surface area contributed by atoms with Crippen molar-refractivity contribution in [1.29, 1.82) is 5.26 Å². The third-order valence-electron chi connectivity index (χ3n) is 3.30. The Balaban J connectivity index is 1.87. The van der Waals surface area contributed by atoms with Crippen LogP contribution in [-0.2, 0) is 4.79 Å². The highest BCUT2D eigenvalue weighted by Gasteiger charge is 2.32. The van der Waals surface area contributed by atoms with E-state index in [9.17, 15) is 10.1 Å². The molecule has 6 nitrogen and oxygen atoms in total. The average Bonchev–Trinajstić information content (AvgIpc) is 2.71. The standard InChI is InChI=1S/C12H17N5OS2/c13-8-12(5-3-1-2-4-6-12)15-9(18)7-19-11-17-16-10(14)20-11/h1-7H2,(H2,14,16)(H,15,18). The number of nitrogen functional groups attached to an aromatic ring is 1. The number of nitrogens with one attached hydrogen (secondary N) is 1. The van der Waals surface area contributed by atoms with Crippen molar-refractivity contribution in [3.05, 3.63) is 0 Å². The maximum atomic E-state index is 12.0. The summed E-state index contributed by atoms with van der Waals surface area (Å²) in [5.74, 6) is 0.102. The van der Waals surface area contributed by atoms with Crippen molar-refractivity contribution in [3.63, 3.8) is 0 Å². The molecule has 8 heteroatoms. The third-order valence-corrected chi connectivity index (χ3v) is 5.18. The number of nitrogens with two attached hydrogens (primary N) is 1. The highest BCUT2D eigenvalue weighted by molar-refractivity contribution is 8.01. The molecule has 1 saturated carbocycles. The van der Waals surface area contributed by atoms with Crippen LogP contribution in [0.4, 0.5) is 5.13 Å². The highest BCUT2D eigenvalue weighted by Crippen LogP contribution is 2.27. The molecular weight excluding hydrogens is 294 g/mol. The predicted molar refractivity (Wildman–Crippen MR) is 79.2 cm³/mol. The Labute approximate surface area is 126 Å². The number of rotatable bonds is 4. The van der Waals surface area contributed by atoms with E-state index in [2.05, 4.69) is 21.6 Å². The summed E-state index contributed by atoms with van der Waals surface area (Å²) in [5.41, 5.74) is 4.80. The van der Waals surface area contributed by atoms with E-state index in [0.717, 1.165) is 38.5 Å². The number of aromatic nitrogens is 2. The summed E-state index contributed by atoms with van der Waals surface area (Å²) in [4.78, 5) is 12.0. The summed E-state index contributed by atoms with van der Waals surface area (Å²) in [6.45, 7) is 0. The smallest absolute Gasteiger partial charge is 0.231 e. The van der Waals surface area contributed by atoms with Crippen LogP contribution in [0.3, 0.4) is 0 Å². The van der Waals surface area contributed by atoms with Crippen LogP contribution >= 0.6 is 23.1 Å². The molecule has 0 atom stereocenters. The Morgan fingerprint density at radius 2 is 2.10 bits per heavy atom. The van der Waals surface area contributed by atoms with Crippen LogP contribution in [0.25, 0.3) is 0 Å². The molecule has 1 amide bonds. The van der Waals surface area contributed by atoms with Gasteiger partial charge in [0.25, 0.3) is 0 Å². The molecule has 0 bridgehead atoms. The molecule has 1 aromatic heterocycles. The first-order valence-electron chi connectivity index (χ1n) is 6.58. The van der Waals surface area contributed by atoms with E-state index in [4.69, 9.17) is 5.73 Å². The summed E-state index contributed by atoms with van der Waals surface area (Å²) >= 11 is 2.55. The molecule has 20 heavy (non-hydrogen) atoms. The number of carbonyl (C=O) groups is 1. The van der Waals surface area contributed by atoms with Crippen molar-refractivity contribution in [1.82, 2.24) is 15.5 Å². The summed E-state index contributed by atoms with van der Waals surface area (Å²) in [5, 5.41) is 20.2. The summed E-state index contributed by atoms with van der Waals surface area (Å²) in [6, 6.07) is 2.30. The molecule has 0 aliphatic heterocycles. The molecule has 0 radical (unpaired) electrons. The Morgan fingerprint density at radius 3 is 2.65 bits per heavy atom. The van der Waals surface area contributed by atoms with Crippen LogP contribution in [0, 0.1) is 11.3 Å². The number of amides is 1. The number of hydrogen-bond acceptors (Lipinski definition) is 7. The monoisotopic (exact) mass is 311 g/mol. The maximum Gasteiger partial charge on any atom is 0.231 e. The van der Waals surface area contributed by atoms with Crippen LogP contribution in [0.15, 0.2) is 4.34 Å². The van der Waals surface area contributed by atoms with Gasteiger partial charge < -0.3 is 11.1 Å². The van der Waals surface area contributed by atoms with E-state index in [-0.39, 0.29) is 11.7 Å². The fourth-order valence-corrected chi connectivity index (χ4v) is 3.74. The molecule has 1 fully saturated rings. The van der Waals surface area contributed by atoms with Crippen molar-refractivity contribution < 1.29 is 4.79 Å². The number of thioether (sulfide) groups is 1. The summed E-state index contributed by atoms with van der Waals surface area (Å²) in [7, 11) is 0. The Bertz CT molecular complexity index is 502. The number of nitriles is 1. The average molecular weight is 311 g/mol. The van der Waals surface area contributed by atoms with Gasteiger partial charge >= 0.3 is 0 Å². The first-order valence-corrected chi connectivity index (χ1v) is 8.38. The lowest BCUT2D eigenvalue weighted by Crippen LogP contribution is -2.47. The van der Waals surface area contributed by atoms with E-state index in [1.807, 2.05) is 0 Å². The van der Waals surface area contributed by atoms with Gasteiger partial charge in [0.2, 0.25) is 11.0 Å². The molecule has 108 valence electrons. The van der Waals surface area contributed by atoms with Gasteiger partial charge in [0.05, 0.1) is 11.8 Å². The number of nitrogens with zero attached hydrogens (tertiary/aromatic N) is 3. The highest BCUT2D eigenvalue weighted by atomic mass is 32.2. The molecule has 1 heterocycles. The predicted octanol–water partition coefficient (Wildman–Crippen LogP) is 1.95. The van der Waals surface area contributed by atoms with Gasteiger partial charge in [-0.2, -0.15) is 5.26 Å². The van der Waals surface area contributed by atoms with Crippen molar-refractivity contribution in [2.45, 2.75) is 48.4 Å². The van der Waals surface area contributed by atoms with Crippen LogP contribution < -0.4 is 11.1 Å². The Kier molecular flexibility index (Phi) is 5.20. The lowest BCUT2D eigenvalue weighted by molar-refractivity contribution is -0.120. The Hall–Kier alpha value is -1.33. The summed E-state index contributed by atoms with van der Waals surface area (Å²) < 4.78 is 0.671. The van der Waals surface area contributed by atoms with E-state index >= 15 is 0 Å². The maximum absolute atomic E-state index is 12.0. The van der Waals surface area contributed by atoms with E-state index in [0.29, 0.717) is 9.47 Å². The van der Waals surface area contributed by atoms with Crippen molar-refractivity contribution in [2.75, 3.05) is 11.5 Å². The number of anilines is 1. The van der Waals surface area contributed by atoms with Gasteiger partial charge in [-0.05, 0) is 12.8 Å². The summed E-state index contributed by atoms with van der Waals surface area (Å²) in [6.07, 6.45) is 5.75. The van der Waals surface area contributed by atoms with Crippen molar-refractivity contribution in [3.8, 4) is 6.07 Å². The normalized spacial score (nSPS) is 17.9. The molecule has 0 aromatic carbocycles. The molecule has 1 aromatic rings. The zero-order chi connectivity index (χ0) is 14.4. The lowest BCUT2D eigenvalue weighted by atomic mass is 9.92. The molecule has 0 unspecified atom stereocenters. The first kappa shape index (κ1) is 15.1. The zero-order valence-corrected chi connectivity index (χ0v) is 12.7. The molecule has 2 rings (SSSR count). The van der Waals surface area contributed by atoms with Gasteiger partial charge in [0.15, 0.2) is 4.34 Å². The second-order valence-electron chi connectivity index (χ2n) is 4.85. The second kappa shape index (κ2) is 6.90. The third kappa shape index (κ3) is 4.08. The molecular formula is C12H17N5OS2. The zero-order valence-electron chi connectivity index (χ0n) is 11.1. The minimum Gasteiger partial charge on any atom is -0.374 e. The molecule has 1 aliphatic rings. The van der Waals surface area contributed by atoms with Gasteiger partial charge in [-0.1, -0.05) is 48.8 Å². The Morgan fingerprint density at radius 1 is 1.40 bits per heavy atom. The lowest BCUT2D eigenvalue weighted by Gasteiger charge is -2.26. The van der Waals surface area contributed by atoms with E-state index in [1.165, 1.54) is 23.1 Å². The topological polar surface area (TPSA) is 105 Å². The van der Waals surface area contributed by atoms with Crippen molar-refractivity contribution >= 4 is 34.1 Å². The van der Waals surface area contributed by atoms with Gasteiger partial charge in [-0.15, -0.1) is 10.2 Å². The quantitative estimate of drug-likeness (QED) is 0.650. The number of carbonyl (C=O) groups excluding carboxylic acids is 1.